The van der Waals surface area contributed by atoms with Crippen molar-refractivity contribution in [3.05, 3.63) is 95.3 Å². The lowest BCUT2D eigenvalue weighted by atomic mass is 10.0. The largest absolute Gasteiger partial charge is 0.495 e. The minimum absolute atomic E-state index is 0.200. The van der Waals surface area contributed by atoms with Crippen LogP contribution in [0.1, 0.15) is 22.7 Å². The minimum atomic E-state index is -0.576. The molecule has 0 aliphatic rings. The molecule has 0 heterocycles. The topological polar surface area (TPSA) is 50.4 Å². The third kappa shape index (κ3) is 5.42. The van der Waals surface area contributed by atoms with Gasteiger partial charge in [-0.05, 0) is 48.2 Å². The van der Waals surface area contributed by atoms with E-state index in [1.807, 2.05) is 61.5 Å². The third-order valence-corrected chi connectivity index (χ3v) is 4.71. The van der Waals surface area contributed by atoms with Crippen molar-refractivity contribution in [2.45, 2.75) is 19.4 Å². The number of hydrogen-bond acceptors (Lipinski definition) is 3. The van der Waals surface area contributed by atoms with Crippen molar-refractivity contribution >= 4 is 11.6 Å². The number of ether oxygens (including phenoxy) is 1. The fourth-order valence-corrected chi connectivity index (χ4v) is 3.18. The summed E-state index contributed by atoms with van der Waals surface area (Å²) in [6.45, 7) is 2.41. The molecular formula is C24H25FN2O2. The average molecular weight is 392 g/mol. The first-order valence-electron chi connectivity index (χ1n) is 9.55. The van der Waals surface area contributed by atoms with Gasteiger partial charge in [-0.15, -0.1) is 0 Å². The zero-order valence-corrected chi connectivity index (χ0v) is 16.6. The fourth-order valence-electron chi connectivity index (χ4n) is 3.18. The Hall–Kier alpha value is -3.18. The molecule has 3 aromatic carbocycles. The number of hydrogen-bond donors (Lipinski definition) is 2. The number of anilines is 1. The number of carbonyl (C=O) groups is 1. The molecule has 0 spiro atoms. The van der Waals surface area contributed by atoms with Gasteiger partial charge in [0.25, 0.3) is 0 Å². The van der Waals surface area contributed by atoms with Gasteiger partial charge < -0.3 is 15.4 Å². The molecule has 0 fully saturated rings. The molecule has 29 heavy (non-hydrogen) atoms. The van der Waals surface area contributed by atoms with Gasteiger partial charge in [0, 0.05) is 6.54 Å². The van der Waals surface area contributed by atoms with Crippen molar-refractivity contribution in [2.75, 3.05) is 19.0 Å². The van der Waals surface area contributed by atoms with Gasteiger partial charge in [-0.25, -0.2) is 4.39 Å². The number of halogens is 1. The second kappa shape index (κ2) is 9.85. The number of benzene rings is 3. The van der Waals surface area contributed by atoms with Gasteiger partial charge in [-0.3, -0.25) is 4.79 Å². The lowest BCUT2D eigenvalue weighted by molar-refractivity contribution is -0.118. The molecule has 2 N–H and O–H groups in total. The van der Waals surface area contributed by atoms with Gasteiger partial charge in [-0.2, -0.15) is 0 Å². The first kappa shape index (κ1) is 20.6. The highest BCUT2D eigenvalue weighted by Crippen LogP contribution is 2.26. The number of carbonyl (C=O) groups excluding carboxylic acids is 1. The van der Waals surface area contributed by atoms with Crippen molar-refractivity contribution in [3.63, 3.8) is 0 Å². The van der Waals surface area contributed by atoms with Crippen molar-refractivity contribution in [1.29, 1.82) is 0 Å². The van der Waals surface area contributed by atoms with Crippen LogP contribution in [0.3, 0.4) is 0 Å². The first-order chi connectivity index (χ1) is 14.1. The van der Waals surface area contributed by atoms with Crippen LogP contribution >= 0.6 is 0 Å². The Morgan fingerprint density at radius 3 is 2.48 bits per heavy atom. The molecule has 4 nitrogen and oxygen atoms in total. The zero-order valence-electron chi connectivity index (χ0n) is 16.6. The van der Waals surface area contributed by atoms with Crippen LogP contribution in [0.5, 0.6) is 5.75 Å². The second-order valence-electron chi connectivity index (χ2n) is 6.83. The Bertz CT molecular complexity index is 960. The quantitative estimate of drug-likeness (QED) is 0.586. The molecule has 1 atom stereocenters. The van der Waals surface area contributed by atoms with E-state index in [4.69, 9.17) is 4.74 Å². The van der Waals surface area contributed by atoms with E-state index in [2.05, 4.69) is 10.6 Å². The number of amides is 1. The lowest BCUT2D eigenvalue weighted by Gasteiger charge is -2.20. The van der Waals surface area contributed by atoms with Crippen LogP contribution in [0.4, 0.5) is 10.1 Å². The molecule has 0 saturated heterocycles. The standard InChI is InChI=1S/C24H25FN2O2/c1-17-12-13-22(29-2)21(16-17)27-24(28)23(19-9-4-3-5-10-19)26-15-14-18-8-6-7-11-20(18)25/h3-13,16,23,26H,14-15H2,1-2H3,(H,27,28)/t23-/m0/s1. The molecule has 0 saturated carbocycles. The van der Waals surface area contributed by atoms with Crippen LogP contribution < -0.4 is 15.4 Å². The highest BCUT2D eigenvalue weighted by molar-refractivity contribution is 5.96. The van der Waals surface area contributed by atoms with Crippen molar-refractivity contribution in [1.82, 2.24) is 5.32 Å². The predicted octanol–water partition coefficient (Wildman–Crippen LogP) is 4.65. The van der Waals surface area contributed by atoms with Crippen molar-refractivity contribution in [3.8, 4) is 5.75 Å². The summed E-state index contributed by atoms with van der Waals surface area (Å²) in [6, 6.07) is 21.2. The number of methoxy groups -OCH3 is 1. The molecule has 0 unspecified atom stereocenters. The van der Waals surface area contributed by atoms with Crippen LogP contribution in [0.2, 0.25) is 0 Å². The van der Waals surface area contributed by atoms with E-state index in [1.165, 1.54) is 6.07 Å². The van der Waals surface area contributed by atoms with Gasteiger partial charge in [0.15, 0.2) is 0 Å². The van der Waals surface area contributed by atoms with E-state index >= 15 is 0 Å². The molecule has 1 amide bonds. The third-order valence-electron chi connectivity index (χ3n) is 4.71. The van der Waals surface area contributed by atoms with E-state index < -0.39 is 6.04 Å². The summed E-state index contributed by atoms with van der Waals surface area (Å²) in [5.41, 5.74) is 3.09. The maximum absolute atomic E-state index is 13.9. The Kier molecular flexibility index (Phi) is 6.98. The highest BCUT2D eigenvalue weighted by atomic mass is 19.1. The van der Waals surface area contributed by atoms with Crippen LogP contribution in [0.15, 0.2) is 72.8 Å². The van der Waals surface area contributed by atoms with E-state index in [0.29, 0.717) is 30.0 Å². The summed E-state index contributed by atoms with van der Waals surface area (Å²) in [7, 11) is 1.57. The van der Waals surface area contributed by atoms with Gasteiger partial charge in [0.1, 0.15) is 17.6 Å². The smallest absolute Gasteiger partial charge is 0.246 e. The van der Waals surface area contributed by atoms with Crippen LogP contribution in [-0.4, -0.2) is 19.6 Å². The Labute approximate surface area is 170 Å². The van der Waals surface area contributed by atoms with Crippen molar-refractivity contribution < 1.29 is 13.9 Å². The monoisotopic (exact) mass is 392 g/mol. The minimum Gasteiger partial charge on any atom is -0.495 e. The molecule has 3 aromatic rings. The molecular weight excluding hydrogens is 367 g/mol. The average Bonchev–Trinajstić information content (AvgIpc) is 2.73. The fraction of sp³-hybridized carbons (Fsp3) is 0.208. The summed E-state index contributed by atoms with van der Waals surface area (Å²) in [5, 5.41) is 6.22. The van der Waals surface area contributed by atoms with E-state index in [1.54, 1.807) is 19.2 Å². The molecule has 150 valence electrons. The number of aryl methyl sites for hydroxylation is 1. The van der Waals surface area contributed by atoms with E-state index in [9.17, 15) is 9.18 Å². The zero-order chi connectivity index (χ0) is 20.6. The van der Waals surface area contributed by atoms with Crippen LogP contribution in [-0.2, 0) is 11.2 Å². The highest BCUT2D eigenvalue weighted by Gasteiger charge is 2.21. The van der Waals surface area contributed by atoms with Gasteiger partial charge in [-0.1, -0.05) is 54.6 Å². The Morgan fingerprint density at radius 2 is 1.76 bits per heavy atom. The summed E-state index contributed by atoms with van der Waals surface area (Å²) in [4.78, 5) is 13.1. The number of nitrogens with one attached hydrogen (secondary N) is 2. The van der Waals surface area contributed by atoms with Gasteiger partial charge in [0.2, 0.25) is 5.91 Å². The summed E-state index contributed by atoms with van der Waals surface area (Å²) >= 11 is 0. The predicted molar refractivity (Wildman–Crippen MR) is 114 cm³/mol. The van der Waals surface area contributed by atoms with E-state index in [-0.39, 0.29) is 11.7 Å². The number of rotatable bonds is 8. The summed E-state index contributed by atoms with van der Waals surface area (Å²) in [6.07, 6.45) is 0.483. The normalized spacial score (nSPS) is 11.7. The molecule has 0 bridgehead atoms. The SMILES string of the molecule is COc1ccc(C)cc1NC(=O)[C@@H](NCCc1ccccc1F)c1ccccc1. The second-order valence-corrected chi connectivity index (χ2v) is 6.83. The molecule has 0 aliphatic heterocycles. The maximum Gasteiger partial charge on any atom is 0.246 e. The Balaban J connectivity index is 1.76. The summed E-state index contributed by atoms with van der Waals surface area (Å²) in [5.74, 6) is 0.162. The Morgan fingerprint density at radius 1 is 1.03 bits per heavy atom. The molecule has 5 heteroatoms. The maximum atomic E-state index is 13.9. The van der Waals surface area contributed by atoms with E-state index in [0.717, 1.165) is 11.1 Å². The molecule has 0 aromatic heterocycles. The molecule has 3 rings (SSSR count). The molecule has 0 aliphatic carbocycles. The van der Waals surface area contributed by atoms with Crippen LogP contribution in [0.25, 0.3) is 0 Å². The van der Waals surface area contributed by atoms with Crippen molar-refractivity contribution in [2.24, 2.45) is 0 Å². The first-order valence-corrected chi connectivity index (χ1v) is 9.55. The lowest BCUT2D eigenvalue weighted by Crippen LogP contribution is -2.34. The van der Waals surface area contributed by atoms with Crippen LogP contribution in [0, 0.1) is 12.7 Å². The molecule has 0 radical (unpaired) electrons. The van der Waals surface area contributed by atoms with Gasteiger partial charge >= 0.3 is 0 Å². The summed E-state index contributed by atoms with van der Waals surface area (Å²) < 4.78 is 19.2. The van der Waals surface area contributed by atoms with Gasteiger partial charge in [0.05, 0.1) is 12.8 Å².